The van der Waals surface area contributed by atoms with Crippen molar-refractivity contribution < 1.29 is 9.59 Å². The number of hydrogen-bond acceptors (Lipinski definition) is 3. The molecule has 1 atom stereocenters. The lowest BCUT2D eigenvalue weighted by atomic mass is 9.90. The number of aryl methyl sites for hydroxylation is 1. The average molecular weight is 423 g/mol. The van der Waals surface area contributed by atoms with Crippen LogP contribution in [-0.2, 0) is 16.8 Å². The first-order valence-electron chi connectivity index (χ1n) is 11.4. The highest BCUT2D eigenvalue weighted by Gasteiger charge is 2.49. The summed E-state index contributed by atoms with van der Waals surface area (Å²) in [5.41, 5.74) is 1.90. The van der Waals surface area contributed by atoms with Crippen LogP contribution in [0.3, 0.4) is 0 Å². The van der Waals surface area contributed by atoms with Crippen LogP contribution < -0.4 is 10.2 Å². The molecule has 0 unspecified atom stereocenters. The quantitative estimate of drug-likeness (QED) is 0.799. The second-order valence-electron chi connectivity index (χ2n) is 10.3. The van der Waals surface area contributed by atoms with Gasteiger partial charge < -0.3 is 5.32 Å². The van der Waals surface area contributed by atoms with Crippen LogP contribution in [-0.4, -0.2) is 33.2 Å². The number of carbonyl (C=O) groups is 2. The van der Waals surface area contributed by atoms with E-state index in [2.05, 4.69) is 26.1 Å². The van der Waals surface area contributed by atoms with Crippen molar-refractivity contribution in [2.75, 3.05) is 4.90 Å². The standard InChI is InChI=1S/C25H34N4O2/c1-17-11-9-10-14-19(17)29-22(30)20-15-21(24(2,3)4)27-28(20)16-25(29,5)23(31)26-18-12-7-6-8-13-18/h9-11,14-15,18H,6-8,12-13,16H2,1-5H3,(H,26,31)/t25-/m0/s1. The third-order valence-corrected chi connectivity index (χ3v) is 6.71. The molecule has 1 aliphatic carbocycles. The van der Waals surface area contributed by atoms with Crippen LogP contribution >= 0.6 is 0 Å². The summed E-state index contributed by atoms with van der Waals surface area (Å²) < 4.78 is 1.73. The Morgan fingerprint density at radius 3 is 2.48 bits per heavy atom. The summed E-state index contributed by atoms with van der Waals surface area (Å²) >= 11 is 0. The van der Waals surface area contributed by atoms with E-state index in [1.54, 1.807) is 9.58 Å². The third kappa shape index (κ3) is 3.88. The van der Waals surface area contributed by atoms with Crippen molar-refractivity contribution in [3.63, 3.8) is 0 Å². The first kappa shape index (κ1) is 21.6. The normalized spacial score (nSPS) is 22.4. The van der Waals surface area contributed by atoms with Gasteiger partial charge in [0.15, 0.2) is 0 Å². The predicted molar refractivity (Wildman–Crippen MR) is 122 cm³/mol. The minimum absolute atomic E-state index is 0.102. The van der Waals surface area contributed by atoms with Gasteiger partial charge in [0.25, 0.3) is 5.91 Å². The third-order valence-electron chi connectivity index (χ3n) is 6.71. The molecule has 31 heavy (non-hydrogen) atoms. The van der Waals surface area contributed by atoms with Gasteiger partial charge in [-0.1, -0.05) is 58.2 Å². The molecule has 1 saturated carbocycles. The van der Waals surface area contributed by atoms with Crippen LogP contribution in [0.2, 0.25) is 0 Å². The molecule has 4 rings (SSSR count). The zero-order valence-electron chi connectivity index (χ0n) is 19.4. The number of fused-ring (bicyclic) bond motifs is 1. The predicted octanol–water partition coefficient (Wildman–Crippen LogP) is 4.36. The smallest absolute Gasteiger partial charge is 0.277 e. The highest BCUT2D eigenvalue weighted by Crippen LogP contribution is 2.36. The summed E-state index contributed by atoms with van der Waals surface area (Å²) in [5.74, 6) is -0.278. The SMILES string of the molecule is Cc1ccccc1N1C(=O)c2cc(C(C)(C)C)nn2C[C@@]1(C)C(=O)NC1CCCCC1. The monoisotopic (exact) mass is 422 g/mol. The molecule has 2 heterocycles. The second-order valence-corrected chi connectivity index (χ2v) is 10.3. The molecule has 0 spiro atoms. The number of aromatic nitrogens is 2. The van der Waals surface area contributed by atoms with Crippen LogP contribution in [0.5, 0.6) is 0 Å². The Bertz CT molecular complexity index is 997. The fraction of sp³-hybridized carbons (Fsp3) is 0.560. The summed E-state index contributed by atoms with van der Waals surface area (Å²) in [6.45, 7) is 10.4. The summed E-state index contributed by atoms with van der Waals surface area (Å²) in [7, 11) is 0. The van der Waals surface area contributed by atoms with Gasteiger partial charge in [0.05, 0.1) is 12.2 Å². The van der Waals surface area contributed by atoms with Crippen molar-refractivity contribution in [2.45, 2.75) is 90.3 Å². The number of anilines is 1. The molecule has 0 bridgehead atoms. The van der Waals surface area contributed by atoms with Crippen LogP contribution in [0.1, 0.15) is 81.5 Å². The van der Waals surface area contributed by atoms with E-state index in [9.17, 15) is 9.59 Å². The maximum Gasteiger partial charge on any atom is 0.277 e. The molecule has 1 N–H and O–H groups in total. The van der Waals surface area contributed by atoms with Crippen molar-refractivity contribution in [1.82, 2.24) is 15.1 Å². The first-order valence-corrected chi connectivity index (χ1v) is 11.4. The minimum Gasteiger partial charge on any atom is -0.351 e. The summed E-state index contributed by atoms with van der Waals surface area (Å²) in [6.07, 6.45) is 5.51. The van der Waals surface area contributed by atoms with Gasteiger partial charge in [-0.3, -0.25) is 19.2 Å². The number of nitrogens with one attached hydrogen (secondary N) is 1. The molecule has 1 aromatic heterocycles. The van der Waals surface area contributed by atoms with Gasteiger partial charge in [-0.25, -0.2) is 0 Å². The van der Waals surface area contributed by atoms with Gasteiger partial charge in [-0.05, 0) is 44.4 Å². The van der Waals surface area contributed by atoms with Gasteiger partial charge in [0, 0.05) is 17.1 Å². The molecule has 6 nitrogen and oxygen atoms in total. The molecule has 0 saturated heterocycles. The number of benzene rings is 1. The van der Waals surface area contributed by atoms with Crippen molar-refractivity contribution in [1.29, 1.82) is 0 Å². The van der Waals surface area contributed by atoms with Crippen LogP contribution in [0.15, 0.2) is 30.3 Å². The fourth-order valence-electron chi connectivity index (χ4n) is 4.73. The number of rotatable bonds is 3. The van der Waals surface area contributed by atoms with E-state index in [0.717, 1.165) is 42.6 Å². The van der Waals surface area contributed by atoms with Gasteiger partial charge in [0.2, 0.25) is 5.91 Å². The molecular weight excluding hydrogens is 388 g/mol. The number of nitrogens with zero attached hydrogens (tertiary/aromatic N) is 3. The molecule has 2 aliphatic rings. The lowest BCUT2D eigenvalue weighted by molar-refractivity contribution is -0.127. The van der Waals surface area contributed by atoms with Crippen molar-refractivity contribution in [2.24, 2.45) is 0 Å². The maximum absolute atomic E-state index is 13.8. The molecular formula is C25H34N4O2. The zero-order valence-corrected chi connectivity index (χ0v) is 19.4. The van der Waals surface area contributed by atoms with E-state index in [0.29, 0.717) is 12.2 Å². The van der Waals surface area contributed by atoms with E-state index >= 15 is 0 Å². The molecule has 0 radical (unpaired) electrons. The lowest BCUT2D eigenvalue weighted by Gasteiger charge is -2.44. The minimum atomic E-state index is -1.06. The highest BCUT2D eigenvalue weighted by molar-refractivity contribution is 6.12. The maximum atomic E-state index is 13.8. The number of hydrogen-bond donors (Lipinski definition) is 1. The largest absolute Gasteiger partial charge is 0.351 e. The lowest BCUT2D eigenvalue weighted by Crippen LogP contribution is -2.65. The van der Waals surface area contributed by atoms with E-state index < -0.39 is 5.54 Å². The Morgan fingerprint density at radius 2 is 1.84 bits per heavy atom. The van der Waals surface area contributed by atoms with E-state index in [-0.39, 0.29) is 23.3 Å². The Labute approximate surface area is 185 Å². The molecule has 2 amide bonds. The van der Waals surface area contributed by atoms with E-state index in [1.807, 2.05) is 44.2 Å². The summed E-state index contributed by atoms with van der Waals surface area (Å²) in [4.78, 5) is 29.2. The van der Waals surface area contributed by atoms with Crippen molar-refractivity contribution in [3.05, 3.63) is 47.3 Å². The van der Waals surface area contributed by atoms with Gasteiger partial charge in [-0.15, -0.1) is 0 Å². The second kappa shape index (κ2) is 7.81. The highest BCUT2D eigenvalue weighted by atomic mass is 16.2. The number of para-hydroxylation sites is 1. The Balaban J connectivity index is 1.78. The summed E-state index contributed by atoms with van der Waals surface area (Å²) in [6, 6.07) is 9.84. The Hall–Kier alpha value is -2.63. The van der Waals surface area contributed by atoms with Crippen LogP contribution in [0, 0.1) is 6.92 Å². The van der Waals surface area contributed by atoms with Crippen molar-refractivity contribution >= 4 is 17.5 Å². The molecule has 6 heteroatoms. The number of amides is 2. The van der Waals surface area contributed by atoms with Crippen molar-refractivity contribution in [3.8, 4) is 0 Å². The Kier molecular flexibility index (Phi) is 5.44. The molecule has 1 aliphatic heterocycles. The topological polar surface area (TPSA) is 67.2 Å². The molecule has 2 aromatic rings. The van der Waals surface area contributed by atoms with Crippen LogP contribution in [0.25, 0.3) is 0 Å². The van der Waals surface area contributed by atoms with Crippen LogP contribution in [0.4, 0.5) is 5.69 Å². The van der Waals surface area contributed by atoms with Gasteiger partial charge >= 0.3 is 0 Å². The Morgan fingerprint density at radius 1 is 1.16 bits per heavy atom. The van der Waals surface area contributed by atoms with E-state index in [1.165, 1.54) is 6.42 Å². The molecule has 1 aromatic carbocycles. The summed E-state index contributed by atoms with van der Waals surface area (Å²) in [5, 5.41) is 8.00. The molecule has 166 valence electrons. The molecule has 1 fully saturated rings. The first-order chi connectivity index (χ1) is 14.6. The van der Waals surface area contributed by atoms with Gasteiger partial charge in [0.1, 0.15) is 11.2 Å². The fourth-order valence-corrected chi connectivity index (χ4v) is 4.73. The zero-order chi connectivity index (χ0) is 22.4. The number of carbonyl (C=O) groups excluding carboxylic acids is 2. The average Bonchev–Trinajstić information content (AvgIpc) is 3.15. The van der Waals surface area contributed by atoms with Gasteiger partial charge in [-0.2, -0.15) is 5.10 Å². The van der Waals surface area contributed by atoms with E-state index in [4.69, 9.17) is 5.10 Å².